The second-order valence-electron chi connectivity index (χ2n) is 4.80. The predicted octanol–water partition coefficient (Wildman–Crippen LogP) is 2.22. The fourth-order valence-electron chi connectivity index (χ4n) is 2.02. The Hall–Kier alpha value is -1.76. The molecule has 0 N–H and O–H groups in total. The summed E-state index contributed by atoms with van der Waals surface area (Å²) in [7, 11) is -3.47. The van der Waals surface area contributed by atoms with Crippen molar-refractivity contribution in [3.05, 3.63) is 37.3 Å². The van der Waals surface area contributed by atoms with Crippen molar-refractivity contribution >= 4 is 9.84 Å². The van der Waals surface area contributed by atoms with Crippen molar-refractivity contribution in [1.29, 1.82) is 0 Å². The van der Waals surface area contributed by atoms with E-state index >= 15 is 0 Å². The summed E-state index contributed by atoms with van der Waals surface area (Å²) in [5.41, 5.74) is 0.637. The lowest BCUT2D eigenvalue weighted by atomic mass is 10.2. The van der Waals surface area contributed by atoms with Crippen LogP contribution >= 0.6 is 0 Å². The Morgan fingerprint density at radius 2 is 1.76 bits per heavy atom. The molecule has 0 aliphatic carbocycles. The highest BCUT2D eigenvalue weighted by Gasteiger charge is 2.23. The number of rotatable bonds is 8. The summed E-state index contributed by atoms with van der Waals surface area (Å²) in [5, 5.41) is 10.9. The largest absolute Gasteiger partial charge is 0.272 e. The van der Waals surface area contributed by atoms with Gasteiger partial charge in [-0.25, -0.2) is 8.42 Å². The van der Waals surface area contributed by atoms with Crippen LogP contribution < -0.4 is 0 Å². The molecular weight excluding hydrogens is 288 g/mol. The zero-order valence-corrected chi connectivity index (χ0v) is 12.7. The number of unbranched alkanes of at least 4 members (excludes halogenated alkanes) is 4. The molecular formula is C14H19N4O2S. The van der Waals surface area contributed by atoms with Crippen LogP contribution in [0.5, 0.6) is 0 Å². The van der Waals surface area contributed by atoms with Crippen molar-refractivity contribution in [3.63, 3.8) is 0 Å². The third-order valence-electron chi connectivity index (χ3n) is 3.13. The van der Waals surface area contributed by atoms with Gasteiger partial charge in [0.05, 0.1) is 11.4 Å². The minimum absolute atomic E-state index is 0.0668. The third kappa shape index (κ3) is 4.10. The highest BCUT2D eigenvalue weighted by atomic mass is 32.2. The average Bonchev–Trinajstić information content (AvgIpc) is 2.98. The number of hydrogen-bond donors (Lipinski definition) is 0. The van der Waals surface area contributed by atoms with Gasteiger partial charge in [0.1, 0.15) is 0 Å². The van der Waals surface area contributed by atoms with Gasteiger partial charge in [0.15, 0.2) is 0 Å². The van der Waals surface area contributed by atoms with Gasteiger partial charge >= 0.3 is 0 Å². The molecule has 0 unspecified atom stereocenters. The summed E-state index contributed by atoms with van der Waals surface area (Å²) in [6.45, 7) is 3.77. The van der Waals surface area contributed by atoms with E-state index in [2.05, 4.69) is 22.4 Å². The van der Waals surface area contributed by atoms with Crippen LogP contribution in [0.3, 0.4) is 0 Å². The number of aromatic nitrogens is 4. The first-order chi connectivity index (χ1) is 10.1. The van der Waals surface area contributed by atoms with Gasteiger partial charge in [0.2, 0.25) is 9.84 Å². The van der Waals surface area contributed by atoms with Crippen molar-refractivity contribution < 1.29 is 8.42 Å². The molecule has 0 aliphatic heterocycles. The first kappa shape index (κ1) is 15.6. The van der Waals surface area contributed by atoms with Gasteiger partial charge in [0, 0.05) is 0 Å². The van der Waals surface area contributed by atoms with Crippen molar-refractivity contribution in [3.8, 4) is 5.69 Å². The Labute approximate surface area is 125 Å². The fraction of sp³-hybridized carbons (Fsp3) is 0.429. The van der Waals surface area contributed by atoms with Gasteiger partial charge in [-0.15, -0.1) is 0 Å². The van der Waals surface area contributed by atoms with Crippen molar-refractivity contribution in [2.24, 2.45) is 0 Å². The molecule has 0 bridgehead atoms. The third-order valence-corrected chi connectivity index (χ3v) is 4.77. The first-order valence-electron chi connectivity index (χ1n) is 7.01. The Bertz CT molecular complexity index is 653. The molecule has 113 valence electrons. The Kier molecular flexibility index (Phi) is 5.44. The van der Waals surface area contributed by atoms with Crippen molar-refractivity contribution in [1.82, 2.24) is 20.2 Å². The second-order valence-corrected chi connectivity index (χ2v) is 6.80. The molecule has 0 fully saturated rings. The van der Waals surface area contributed by atoms with Gasteiger partial charge in [-0.1, -0.05) is 55.9 Å². The number of nitrogens with zero attached hydrogens (tertiary/aromatic N) is 4. The van der Waals surface area contributed by atoms with E-state index in [9.17, 15) is 8.42 Å². The molecule has 0 spiro atoms. The van der Waals surface area contributed by atoms with E-state index in [1.807, 2.05) is 18.2 Å². The molecule has 0 saturated heterocycles. The lowest BCUT2D eigenvalue weighted by Gasteiger charge is -2.05. The van der Waals surface area contributed by atoms with Crippen molar-refractivity contribution in [2.75, 3.05) is 5.75 Å². The topological polar surface area (TPSA) is 77.7 Å². The molecule has 1 radical (unpaired) electrons. The van der Waals surface area contributed by atoms with E-state index in [-0.39, 0.29) is 10.9 Å². The van der Waals surface area contributed by atoms with Gasteiger partial charge < -0.3 is 0 Å². The van der Waals surface area contributed by atoms with Crippen LogP contribution in [0.15, 0.2) is 35.5 Å². The van der Waals surface area contributed by atoms with E-state index in [0.717, 1.165) is 25.7 Å². The average molecular weight is 307 g/mol. The Morgan fingerprint density at radius 3 is 2.48 bits per heavy atom. The summed E-state index contributed by atoms with van der Waals surface area (Å²) >= 11 is 0. The summed E-state index contributed by atoms with van der Waals surface area (Å²) in [6, 6.07) is 9.01. The molecule has 1 aromatic carbocycles. The van der Waals surface area contributed by atoms with Gasteiger partial charge in [-0.2, -0.15) is 4.68 Å². The molecule has 6 nitrogen and oxygen atoms in total. The van der Waals surface area contributed by atoms with Gasteiger partial charge in [0.25, 0.3) is 5.16 Å². The fourth-order valence-corrected chi connectivity index (χ4v) is 3.35. The van der Waals surface area contributed by atoms with Crippen LogP contribution in [-0.4, -0.2) is 34.4 Å². The van der Waals surface area contributed by atoms with Gasteiger partial charge in [-0.3, -0.25) is 0 Å². The summed E-state index contributed by atoms with van der Waals surface area (Å²) in [5.74, 6) is 0.0668. The van der Waals surface area contributed by atoms with Crippen molar-refractivity contribution in [2.45, 2.75) is 37.3 Å². The maximum Gasteiger partial charge on any atom is 0.272 e. The number of benzene rings is 1. The Morgan fingerprint density at radius 1 is 1.05 bits per heavy atom. The van der Waals surface area contributed by atoms with Gasteiger partial charge in [-0.05, 0) is 29.0 Å². The van der Waals surface area contributed by atoms with E-state index in [1.165, 1.54) is 4.68 Å². The molecule has 1 heterocycles. The maximum atomic E-state index is 12.3. The van der Waals surface area contributed by atoms with Crippen LogP contribution in [0.2, 0.25) is 0 Å². The minimum atomic E-state index is -3.47. The SMILES string of the molecule is [CH2]CCCCCCS(=O)(=O)c1nnnn1-c1ccccc1. The van der Waals surface area contributed by atoms with E-state index < -0.39 is 9.84 Å². The quantitative estimate of drug-likeness (QED) is 0.699. The molecule has 21 heavy (non-hydrogen) atoms. The van der Waals surface area contributed by atoms with Crippen LogP contribution in [0.25, 0.3) is 5.69 Å². The predicted molar refractivity (Wildman–Crippen MR) is 79.6 cm³/mol. The number of para-hydroxylation sites is 1. The molecule has 0 atom stereocenters. The highest BCUT2D eigenvalue weighted by Crippen LogP contribution is 2.14. The molecule has 2 rings (SSSR count). The molecule has 2 aromatic rings. The maximum absolute atomic E-state index is 12.3. The zero-order valence-electron chi connectivity index (χ0n) is 11.9. The highest BCUT2D eigenvalue weighted by molar-refractivity contribution is 7.91. The molecule has 7 heteroatoms. The lowest BCUT2D eigenvalue weighted by molar-refractivity contribution is 0.573. The van der Waals surface area contributed by atoms with Crippen LogP contribution in [0.4, 0.5) is 0 Å². The summed E-state index contributed by atoms with van der Waals surface area (Å²) in [4.78, 5) is 0. The van der Waals surface area contributed by atoms with E-state index in [1.54, 1.807) is 12.1 Å². The van der Waals surface area contributed by atoms with Crippen LogP contribution in [0.1, 0.15) is 32.1 Å². The molecule has 0 saturated carbocycles. The van der Waals surface area contributed by atoms with Crippen LogP contribution in [-0.2, 0) is 9.84 Å². The lowest BCUT2D eigenvalue weighted by Crippen LogP contribution is -2.14. The van der Waals surface area contributed by atoms with E-state index in [4.69, 9.17) is 0 Å². The number of tetrazole rings is 1. The Balaban J connectivity index is 2.09. The zero-order chi connectivity index (χ0) is 15.1. The van der Waals surface area contributed by atoms with E-state index in [0.29, 0.717) is 12.1 Å². The molecule has 1 aromatic heterocycles. The number of hydrogen-bond acceptors (Lipinski definition) is 5. The monoisotopic (exact) mass is 307 g/mol. The second kappa shape index (κ2) is 7.31. The molecule has 0 aliphatic rings. The summed E-state index contributed by atoms with van der Waals surface area (Å²) in [6.07, 6.45) is 4.41. The minimum Gasteiger partial charge on any atom is -0.220 e. The molecule has 0 amide bonds. The van der Waals surface area contributed by atoms with Crippen LogP contribution in [0, 0.1) is 6.92 Å². The first-order valence-corrected chi connectivity index (χ1v) is 8.66. The summed E-state index contributed by atoms with van der Waals surface area (Å²) < 4.78 is 26.0. The smallest absolute Gasteiger partial charge is 0.220 e. The number of sulfone groups is 1. The normalized spacial score (nSPS) is 11.7. The standard InChI is InChI=1S/C14H19N4O2S/c1-2-3-4-5-9-12-21(19,20)14-15-16-17-18(14)13-10-7-6-8-11-13/h6-8,10-11H,1-5,9,12H2.